The summed E-state index contributed by atoms with van der Waals surface area (Å²) in [6.45, 7) is -0.0245. The molecule has 2 aromatic rings. The molecule has 0 bridgehead atoms. The SMILES string of the molecule is COc1ccc(/C=C/C(=O)Nc2ccc(OCC(=O)N(C)C)cc2)cc1. The van der Waals surface area contributed by atoms with Gasteiger partial charge in [0.05, 0.1) is 7.11 Å². The summed E-state index contributed by atoms with van der Waals surface area (Å²) in [6.07, 6.45) is 3.18. The number of nitrogens with zero attached hydrogens (tertiary/aromatic N) is 1. The van der Waals surface area contributed by atoms with E-state index in [9.17, 15) is 9.59 Å². The second kappa shape index (κ2) is 9.27. The molecule has 26 heavy (non-hydrogen) atoms. The molecule has 2 aromatic carbocycles. The predicted molar refractivity (Wildman–Crippen MR) is 101 cm³/mol. The third-order valence-corrected chi connectivity index (χ3v) is 3.53. The summed E-state index contributed by atoms with van der Waals surface area (Å²) < 4.78 is 10.5. The van der Waals surface area contributed by atoms with Gasteiger partial charge in [0.25, 0.3) is 5.91 Å². The highest BCUT2D eigenvalue weighted by Gasteiger charge is 2.05. The third kappa shape index (κ3) is 5.98. The number of hydrogen-bond donors (Lipinski definition) is 1. The third-order valence-electron chi connectivity index (χ3n) is 3.53. The molecule has 0 aliphatic carbocycles. The van der Waals surface area contributed by atoms with Crippen molar-refractivity contribution in [2.24, 2.45) is 0 Å². The highest BCUT2D eigenvalue weighted by atomic mass is 16.5. The Hall–Kier alpha value is -3.28. The Bertz CT molecular complexity index is 765. The van der Waals surface area contributed by atoms with Crippen LogP contribution in [0.5, 0.6) is 11.5 Å². The van der Waals surface area contributed by atoms with Gasteiger partial charge in [0.15, 0.2) is 6.61 Å². The number of likely N-dealkylation sites (N-methyl/N-ethyl adjacent to an activating group) is 1. The number of nitrogens with one attached hydrogen (secondary N) is 1. The van der Waals surface area contributed by atoms with Gasteiger partial charge in [0.2, 0.25) is 5.91 Å². The average Bonchev–Trinajstić information content (AvgIpc) is 2.65. The van der Waals surface area contributed by atoms with Crippen LogP contribution in [0.3, 0.4) is 0 Å². The molecule has 2 amide bonds. The quantitative estimate of drug-likeness (QED) is 0.777. The zero-order valence-corrected chi connectivity index (χ0v) is 15.1. The van der Waals surface area contributed by atoms with Crippen LogP contribution >= 0.6 is 0 Å². The number of benzene rings is 2. The van der Waals surface area contributed by atoms with E-state index >= 15 is 0 Å². The standard InChI is InChI=1S/C20H22N2O4/c1-22(2)20(24)14-26-18-11-7-16(8-12-18)21-19(23)13-6-15-4-9-17(25-3)10-5-15/h4-13H,14H2,1-3H3,(H,21,23)/b13-6+. The summed E-state index contributed by atoms with van der Waals surface area (Å²) in [6, 6.07) is 14.2. The van der Waals surface area contributed by atoms with E-state index in [1.54, 1.807) is 51.5 Å². The van der Waals surface area contributed by atoms with Crippen molar-refractivity contribution in [1.82, 2.24) is 4.90 Å². The second-order valence-electron chi connectivity index (χ2n) is 5.70. The Morgan fingerprint density at radius 3 is 2.19 bits per heavy atom. The highest BCUT2D eigenvalue weighted by molar-refractivity contribution is 6.01. The van der Waals surface area contributed by atoms with Gasteiger partial charge < -0.3 is 19.7 Å². The fourth-order valence-electron chi connectivity index (χ4n) is 1.98. The molecule has 0 heterocycles. The summed E-state index contributed by atoms with van der Waals surface area (Å²) in [7, 11) is 4.95. The number of carbonyl (C=O) groups is 2. The molecule has 0 aliphatic rings. The lowest BCUT2D eigenvalue weighted by atomic mass is 10.2. The van der Waals surface area contributed by atoms with Crippen molar-refractivity contribution in [3.8, 4) is 11.5 Å². The number of hydrogen-bond acceptors (Lipinski definition) is 4. The zero-order valence-electron chi connectivity index (χ0n) is 15.1. The largest absolute Gasteiger partial charge is 0.497 e. The summed E-state index contributed by atoms with van der Waals surface area (Å²) in [4.78, 5) is 24.9. The van der Waals surface area contributed by atoms with Gasteiger partial charge in [-0.2, -0.15) is 0 Å². The maximum absolute atomic E-state index is 12.0. The van der Waals surface area contributed by atoms with Crippen LogP contribution in [0.4, 0.5) is 5.69 Å². The van der Waals surface area contributed by atoms with Crippen molar-refractivity contribution in [2.75, 3.05) is 33.1 Å². The topological polar surface area (TPSA) is 67.9 Å². The van der Waals surface area contributed by atoms with Crippen molar-refractivity contribution < 1.29 is 19.1 Å². The number of anilines is 1. The lowest BCUT2D eigenvalue weighted by molar-refractivity contribution is -0.130. The van der Waals surface area contributed by atoms with Crippen LogP contribution in [0.2, 0.25) is 0 Å². The molecule has 6 heteroatoms. The number of rotatable bonds is 7. The van der Waals surface area contributed by atoms with E-state index in [1.807, 2.05) is 24.3 Å². The van der Waals surface area contributed by atoms with E-state index in [-0.39, 0.29) is 18.4 Å². The van der Waals surface area contributed by atoms with Gasteiger partial charge >= 0.3 is 0 Å². The number of carbonyl (C=O) groups excluding carboxylic acids is 2. The summed E-state index contributed by atoms with van der Waals surface area (Å²) in [5.74, 6) is 0.969. The van der Waals surface area contributed by atoms with Gasteiger partial charge in [0.1, 0.15) is 11.5 Å². The van der Waals surface area contributed by atoms with Crippen molar-refractivity contribution in [2.45, 2.75) is 0 Å². The Morgan fingerprint density at radius 2 is 1.62 bits per heavy atom. The van der Waals surface area contributed by atoms with Crippen molar-refractivity contribution in [3.63, 3.8) is 0 Å². The molecule has 0 saturated heterocycles. The van der Waals surface area contributed by atoms with Crippen LogP contribution in [0.1, 0.15) is 5.56 Å². The molecule has 6 nitrogen and oxygen atoms in total. The minimum Gasteiger partial charge on any atom is -0.497 e. The van der Waals surface area contributed by atoms with E-state index in [2.05, 4.69) is 5.32 Å². The van der Waals surface area contributed by atoms with Crippen molar-refractivity contribution in [3.05, 3.63) is 60.2 Å². The van der Waals surface area contributed by atoms with Crippen LogP contribution in [0.25, 0.3) is 6.08 Å². The molecule has 0 fully saturated rings. The highest BCUT2D eigenvalue weighted by Crippen LogP contribution is 2.16. The Labute approximate surface area is 153 Å². The monoisotopic (exact) mass is 354 g/mol. The minimum absolute atomic E-state index is 0.0245. The normalized spacial score (nSPS) is 10.4. The second-order valence-corrected chi connectivity index (χ2v) is 5.70. The molecule has 0 saturated carbocycles. The molecule has 136 valence electrons. The Balaban J connectivity index is 1.86. The number of methoxy groups -OCH3 is 1. The first-order valence-corrected chi connectivity index (χ1v) is 8.04. The Morgan fingerprint density at radius 1 is 1.00 bits per heavy atom. The lowest BCUT2D eigenvalue weighted by Gasteiger charge is -2.11. The summed E-state index contributed by atoms with van der Waals surface area (Å²) in [5, 5.41) is 2.76. The van der Waals surface area contributed by atoms with Crippen LogP contribution < -0.4 is 14.8 Å². The van der Waals surface area contributed by atoms with Gasteiger partial charge in [-0.25, -0.2) is 0 Å². The smallest absolute Gasteiger partial charge is 0.259 e. The number of amides is 2. The molecule has 1 N–H and O–H groups in total. The van der Waals surface area contributed by atoms with Gasteiger partial charge in [-0.15, -0.1) is 0 Å². The first-order valence-electron chi connectivity index (χ1n) is 8.04. The van der Waals surface area contributed by atoms with E-state index in [0.717, 1.165) is 11.3 Å². The number of ether oxygens (including phenoxy) is 2. The van der Waals surface area contributed by atoms with Crippen LogP contribution in [-0.2, 0) is 9.59 Å². The van der Waals surface area contributed by atoms with Gasteiger partial charge in [-0.3, -0.25) is 9.59 Å². The summed E-state index contributed by atoms with van der Waals surface area (Å²) in [5.41, 5.74) is 1.54. The van der Waals surface area contributed by atoms with Crippen molar-refractivity contribution in [1.29, 1.82) is 0 Å². The van der Waals surface area contributed by atoms with Gasteiger partial charge in [-0.1, -0.05) is 12.1 Å². The van der Waals surface area contributed by atoms with Crippen LogP contribution in [0.15, 0.2) is 54.6 Å². The zero-order chi connectivity index (χ0) is 18.9. The molecule has 0 spiro atoms. The fraction of sp³-hybridized carbons (Fsp3) is 0.200. The van der Waals surface area contributed by atoms with Crippen molar-refractivity contribution >= 4 is 23.6 Å². The van der Waals surface area contributed by atoms with Crippen LogP contribution in [-0.4, -0.2) is 44.5 Å². The molecule has 0 atom stereocenters. The maximum atomic E-state index is 12.0. The molecule has 0 aromatic heterocycles. The van der Waals surface area contributed by atoms with E-state index < -0.39 is 0 Å². The van der Waals surface area contributed by atoms with E-state index in [4.69, 9.17) is 9.47 Å². The maximum Gasteiger partial charge on any atom is 0.259 e. The van der Waals surface area contributed by atoms with Crippen LogP contribution in [0, 0.1) is 0 Å². The minimum atomic E-state index is -0.239. The van der Waals surface area contributed by atoms with Gasteiger partial charge in [0, 0.05) is 25.9 Å². The Kier molecular flexibility index (Phi) is 6.79. The molecule has 2 rings (SSSR count). The molecular formula is C20H22N2O4. The average molecular weight is 354 g/mol. The first kappa shape index (κ1) is 19.1. The predicted octanol–water partition coefficient (Wildman–Crippen LogP) is 2.81. The molecule has 0 radical (unpaired) electrons. The molecule has 0 aliphatic heterocycles. The van der Waals surface area contributed by atoms with Gasteiger partial charge in [-0.05, 0) is 48.0 Å². The lowest BCUT2D eigenvalue weighted by Crippen LogP contribution is -2.27. The van der Waals surface area contributed by atoms with E-state index in [1.165, 1.54) is 11.0 Å². The first-order chi connectivity index (χ1) is 12.5. The van der Waals surface area contributed by atoms with E-state index in [0.29, 0.717) is 11.4 Å². The fourth-order valence-corrected chi connectivity index (χ4v) is 1.98. The molecular weight excluding hydrogens is 332 g/mol. The molecule has 0 unspecified atom stereocenters. The summed E-state index contributed by atoms with van der Waals surface area (Å²) >= 11 is 0.